The summed E-state index contributed by atoms with van der Waals surface area (Å²) in [5, 5.41) is 3.17. The molecule has 0 amide bonds. The molecule has 1 aliphatic rings. The van der Waals surface area contributed by atoms with Crippen LogP contribution in [-0.4, -0.2) is 32.3 Å². The molecule has 0 spiro atoms. The average molecular weight is 304 g/mol. The predicted octanol–water partition coefficient (Wildman–Crippen LogP) is 2.19. The van der Waals surface area contributed by atoms with Crippen molar-refractivity contribution in [1.29, 1.82) is 0 Å². The molecule has 0 bridgehead atoms. The molecule has 2 rings (SSSR count). The smallest absolute Gasteiger partial charge is 0.322 e. The second-order valence-corrected chi connectivity index (χ2v) is 5.46. The van der Waals surface area contributed by atoms with E-state index in [0.717, 1.165) is 30.7 Å². The largest absolute Gasteiger partial charge is 0.493 e. The highest BCUT2D eigenvalue weighted by molar-refractivity contribution is 5.76. The zero-order valence-corrected chi connectivity index (χ0v) is 13.2. The first kappa shape index (κ1) is 16.4. The summed E-state index contributed by atoms with van der Waals surface area (Å²) in [4.78, 5) is 11.5. The predicted molar refractivity (Wildman–Crippen MR) is 87.0 cm³/mol. The van der Waals surface area contributed by atoms with Crippen LogP contribution in [0.4, 0.5) is 5.69 Å². The molecule has 5 nitrogen and oxygen atoms in total. The van der Waals surface area contributed by atoms with Crippen LogP contribution >= 0.6 is 0 Å². The number of hydrogen-bond acceptors (Lipinski definition) is 5. The normalized spacial score (nSPS) is 21.6. The minimum Gasteiger partial charge on any atom is -0.493 e. The molecule has 3 N–H and O–H groups in total. The molecule has 22 heavy (non-hydrogen) atoms. The van der Waals surface area contributed by atoms with Crippen molar-refractivity contribution in [3.63, 3.8) is 0 Å². The van der Waals surface area contributed by atoms with E-state index < -0.39 is 0 Å². The summed E-state index contributed by atoms with van der Waals surface area (Å²) in [6, 6.07) is 7.46. The maximum Gasteiger partial charge on any atom is 0.322 e. The van der Waals surface area contributed by atoms with Crippen LogP contribution < -0.4 is 11.1 Å². The maximum atomic E-state index is 11.5. The van der Waals surface area contributed by atoms with E-state index in [9.17, 15) is 4.79 Å². The number of hydrogen-bond donors (Lipinski definition) is 2. The van der Waals surface area contributed by atoms with Gasteiger partial charge in [-0.05, 0) is 31.1 Å². The van der Waals surface area contributed by atoms with Crippen LogP contribution in [0.3, 0.4) is 0 Å². The summed E-state index contributed by atoms with van der Waals surface area (Å²) in [5.41, 5.74) is 7.64. The van der Waals surface area contributed by atoms with Gasteiger partial charge in [0, 0.05) is 23.7 Å². The molecule has 120 valence electrons. The third-order valence-electron chi connectivity index (χ3n) is 3.80. The molecule has 1 saturated heterocycles. The summed E-state index contributed by atoms with van der Waals surface area (Å²) in [6.45, 7) is 3.37. The van der Waals surface area contributed by atoms with E-state index in [1.807, 2.05) is 30.3 Å². The fraction of sp³-hybridized carbons (Fsp3) is 0.471. The van der Waals surface area contributed by atoms with Gasteiger partial charge >= 0.3 is 5.97 Å². The van der Waals surface area contributed by atoms with Gasteiger partial charge in [-0.3, -0.25) is 4.79 Å². The van der Waals surface area contributed by atoms with Gasteiger partial charge in [0.1, 0.15) is 11.8 Å². The van der Waals surface area contributed by atoms with E-state index in [1.54, 1.807) is 0 Å². The summed E-state index contributed by atoms with van der Waals surface area (Å²) < 4.78 is 10.7. The van der Waals surface area contributed by atoms with Crippen molar-refractivity contribution < 1.29 is 14.3 Å². The Bertz CT molecular complexity index is 542. The number of rotatable bonds is 6. The summed E-state index contributed by atoms with van der Waals surface area (Å²) in [7, 11) is 1.41. The van der Waals surface area contributed by atoms with Crippen LogP contribution in [0.15, 0.2) is 30.3 Å². The minimum atomic E-state index is -0.223. The zero-order chi connectivity index (χ0) is 15.9. The van der Waals surface area contributed by atoms with Gasteiger partial charge in [0.15, 0.2) is 0 Å². The molecule has 5 heteroatoms. The molecule has 0 unspecified atom stereocenters. The molecule has 1 aliphatic heterocycles. The zero-order valence-electron chi connectivity index (χ0n) is 13.2. The Morgan fingerprint density at radius 2 is 2.23 bits per heavy atom. The first-order valence-corrected chi connectivity index (χ1v) is 7.64. The lowest BCUT2D eigenvalue weighted by Crippen LogP contribution is -2.31. The lowest BCUT2D eigenvalue weighted by molar-refractivity contribution is -0.142. The molecule has 2 atom stereocenters. The summed E-state index contributed by atoms with van der Waals surface area (Å²) in [6.07, 6.45) is 3.64. The number of nitrogens with two attached hydrogens (primary N) is 1. The van der Waals surface area contributed by atoms with Crippen LogP contribution in [0.1, 0.15) is 25.3 Å². The highest BCUT2D eigenvalue weighted by Gasteiger charge is 2.30. The van der Waals surface area contributed by atoms with Crippen LogP contribution in [0.5, 0.6) is 0 Å². The standard InChI is InChI=1S/C17H24N2O3/c1-3-6-16(13-7-4-5-8-14(13)18)22-11-12-9-15(19-10-12)17(20)21-2/h4-8,12,15,19H,3,9-11,18H2,1-2H3/b16-6+/t12-,15+/m1/s1. The lowest BCUT2D eigenvalue weighted by Gasteiger charge is -2.16. The van der Waals surface area contributed by atoms with Crippen LogP contribution in [0, 0.1) is 5.92 Å². The highest BCUT2D eigenvalue weighted by Crippen LogP contribution is 2.25. The van der Waals surface area contributed by atoms with Crippen molar-refractivity contribution in [1.82, 2.24) is 5.32 Å². The Labute approximate surface area is 131 Å². The second kappa shape index (κ2) is 7.84. The maximum absolute atomic E-state index is 11.5. The van der Waals surface area contributed by atoms with E-state index in [0.29, 0.717) is 12.3 Å². The number of nitrogen functional groups attached to an aromatic ring is 1. The Morgan fingerprint density at radius 3 is 2.91 bits per heavy atom. The number of anilines is 1. The lowest BCUT2D eigenvalue weighted by atomic mass is 10.1. The van der Waals surface area contributed by atoms with Gasteiger partial charge in [-0.2, -0.15) is 0 Å². The topological polar surface area (TPSA) is 73.6 Å². The number of ether oxygens (including phenoxy) is 2. The molecule has 0 aliphatic carbocycles. The van der Waals surface area contributed by atoms with Gasteiger partial charge < -0.3 is 20.5 Å². The number of carbonyl (C=O) groups is 1. The third kappa shape index (κ3) is 4.01. The highest BCUT2D eigenvalue weighted by atomic mass is 16.5. The number of nitrogens with one attached hydrogen (secondary N) is 1. The van der Waals surface area contributed by atoms with Crippen molar-refractivity contribution in [3.05, 3.63) is 35.9 Å². The van der Waals surface area contributed by atoms with Gasteiger partial charge in [0.25, 0.3) is 0 Å². The van der Waals surface area contributed by atoms with Gasteiger partial charge in [-0.25, -0.2) is 0 Å². The number of carbonyl (C=O) groups excluding carboxylic acids is 1. The fourth-order valence-electron chi connectivity index (χ4n) is 2.62. The minimum absolute atomic E-state index is 0.209. The number of benzene rings is 1. The Morgan fingerprint density at radius 1 is 1.45 bits per heavy atom. The first-order chi connectivity index (χ1) is 10.7. The van der Waals surface area contributed by atoms with Crippen LogP contribution in [-0.2, 0) is 14.3 Å². The molecular formula is C17H24N2O3. The Balaban J connectivity index is 1.95. The van der Waals surface area contributed by atoms with Crippen LogP contribution in [0.2, 0.25) is 0 Å². The van der Waals surface area contributed by atoms with E-state index in [1.165, 1.54) is 7.11 Å². The number of para-hydroxylation sites is 1. The second-order valence-electron chi connectivity index (χ2n) is 5.46. The van der Waals surface area contributed by atoms with Gasteiger partial charge in [-0.15, -0.1) is 0 Å². The molecule has 0 radical (unpaired) electrons. The van der Waals surface area contributed by atoms with Crippen molar-refractivity contribution in [3.8, 4) is 0 Å². The molecular weight excluding hydrogens is 280 g/mol. The fourth-order valence-corrected chi connectivity index (χ4v) is 2.62. The van der Waals surface area contributed by atoms with E-state index in [4.69, 9.17) is 15.2 Å². The number of allylic oxidation sites excluding steroid dienone is 1. The van der Waals surface area contributed by atoms with Gasteiger partial charge in [0.2, 0.25) is 0 Å². The average Bonchev–Trinajstić information content (AvgIpc) is 3.00. The van der Waals surface area contributed by atoms with E-state index >= 15 is 0 Å². The van der Waals surface area contributed by atoms with E-state index in [2.05, 4.69) is 12.2 Å². The summed E-state index contributed by atoms with van der Waals surface area (Å²) >= 11 is 0. The van der Waals surface area contributed by atoms with Crippen molar-refractivity contribution in [2.45, 2.75) is 25.8 Å². The quantitative estimate of drug-likeness (QED) is 0.479. The van der Waals surface area contributed by atoms with Crippen molar-refractivity contribution in [2.75, 3.05) is 26.0 Å². The van der Waals surface area contributed by atoms with Gasteiger partial charge in [-0.1, -0.05) is 19.1 Å². The molecule has 0 aromatic heterocycles. The molecule has 1 aromatic carbocycles. The Hall–Kier alpha value is -2.01. The van der Waals surface area contributed by atoms with Crippen LogP contribution in [0.25, 0.3) is 5.76 Å². The number of esters is 1. The third-order valence-corrected chi connectivity index (χ3v) is 3.80. The molecule has 1 aromatic rings. The first-order valence-electron chi connectivity index (χ1n) is 7.64. The van der Waals surface area contributed by atoms with Crippen molar-refractivity contribution >= 4 is 17.4 Å². The Kier molecular flexibility index (Phi) is 5.83. The molecule has 1 heterocycles. The number of methoxy groups -OCH3 is 1. The molecule has 0 saturated carbocycles. The van der Waals surface area contributed by atoms with E-state index in [-0.39, 0.29) is 17.9 Å². The van der Waals surface area contributed by atoms with Gasteiger partial charge in [0.05, 0.1) is 13.7 Å². The SMILES string of the molecule is CC/C=C(/OC[C@H]1CN[C@H](C(=O)OC)C1)c1ccccc1N. The molecule has 1 fully saturated rings. The monoisotopic (exact) mass is 304 g/mol. The summed E-state index contributed by atoms with van der Waals surface area (Å²) in [5.74, 6) is 0.885. The van der Waals surface area contributed by atoms with Crippen molar-refractivity contribution in [2.24, 2.45) is 5.92 Å².